The van der Waals surface area contributed by atoms with Crippen LogP contribution in [0, 0.1) is 11.3 Å². The van der Waals surface area contributed by atoms with Crippen LogP contribution >= 0.6 is 0 Å². The largest absolute Gasteiger partial charge is 0.384 e. The van der Waals surface area contributed by atoms with Crippen molar-refractivity contribution in [1.29, 1.82) is 5.41 Å². The predicted molar refractivity (Wildman–Crippen MR) is 143 cm³/mol. The number of sulfone groups is 1. The normalized spacial score (nSPS) is 13.0. The molecule has 1 amide bonds. The molecule has 5 N–H and O–H groups in total. The molecule has 0 spiro atoms. The summed E-state index contributed by atoms with van der Waals surface area (Å²) >= 11 is 0. The van der Waals surface area contributed by atoms with E-state index in [4.69, 9.17) is 11.1 Å². The first-order valence-electron chi connectivity index (χ1n) is 11.5. The van der Waals surface area contributed by atoms with Crippen molar-refractivity contribution in [2.75, 3.05) is 16.9 Å². The van der Waals surface area contributed by atoms with Crippen molar-refractivity contribution in [1.82, 2.24) is 0 Å². The van der Waals surface area contributed by atoms with Crippen LogP contribution in [0.4, 0.5) is 11.4 Å². The van der Waals surface area contributed by atoms with Gasteiger partial charge in [-0.05, 0) is 41.8 Å². The summed E-state index contributed by atoms with van der Waals surface area (Å²) in [5, 5.41) is 14.0. The van der Waals surface area contributed by atoms with E-state index in [1.807, 2.05) is 18.2 Å². The Labute approximate surface area is 207 Å². The molecule has 3 aromatic carbocycles. The van der Waals surface area contributed by atoms with Gasteiger partial charge in [-0.1, -0.05) is 62.7 Å². The lowest BCUT2D eigenvalue weighted by Crippen LogP contribution is -2.32. The summed E-state index contributed by atoms with van der Waals surface area (Å²) in [4.78, 5) is 13.1. The third kappa shape index (κ3) is 6.93. The second-order valence-electron chi connectivity index (χ2n) is 8.73. The number of carbonyl (C=O) groups excluding carboxylic acids is 1. The maximum Gasteiger partial charge on any atom is 0.226 e. The minimum atomic E-state index is -3.36. The molecule has 0 bridgehead atoms. The second kappa shape index (κ2) is 11.2. The fourth-order valence-electron chi connectivity index (χ4n) is 3.84. The van der Waals surface area contributed by atoms with E-state index < -0.39 is 9.84 Å². The Kier molecular flexibility index (Phi) is 8.30. The van der Waals surface area contributed by atoms with Crippen LogP contribution in [0.5, 0.6) is 0 Å². The molecule has 3 rings (SSSR count). The van der Waals surface area contributed by atoms with Gasteiger partial charge >= 0.3 is 0 Å². The highest BCUT2D eigenvalue weighted by Gasteiger charge is 2.20. The summed E-state index contributed by atoms with van der Waals surface area (Å²) in [6.45, 7) is 4.17. The van der Waals surface area contributed by atoms with Crippen molar-refractivity contribution in [3.05, 3.63) is 78.4 Å². The fourth-order valence-corrected chi connectivity index (χ4v) is 4.75. The molecule has 0 radical (unpaired) electrons. The number of hydrogen-bond acceptors (Lipinski definition) is 5. The van der Waals surface area contributed by atoms with Crippen LogP contribution in [0.15, 0.2) is 77.7 Å². The van der Waals surface area contributed by atoms with Gasteiger partial charge in [0.2, 0.25) is 5.91 Å². The van der Waals surface area contributed by atoms with Crippen LogP contribution in [0.2, 0.25) is 0 Å². The lowest BCUT2D eigenvalue weighted by atomic mass is 9.95. The average Bonchev–Trinajstić information content (AvgIpc) is 2.83. The van der Waals surface area contributed by atoms with Crippen LogP contribution in [0.25, 0.3) is 11.1 Å². The number of nitrogen functional groups attached to an aromatic ring is 1. The smallest absolute Gasteiger partial charge is 0.226 e. The van der Waals surface area contributed by atoms with E-state index in [-0.39, 0.29) is 35.0 Å². The van der Waals surface area contributed by atoms with Crippen LogP contribution in [-0.2, 0) is 14.6 Å². The molecule has 0 aromatic heterocycles. The van der Waals surface area contributed by atoms with Gasteiger partial charge in [0.25, 0.3) is 0 Å². The Morgan fingerprint density at radius 3 is 2.31 bits per heavy atom. The molecule has 0 fully saturated rings. The molecule has 0 heterocycles. The summed E-state index contributed by atoms with van der Waals surface area (Å²) in [7, 11) is -3.36. The molecule has 0 saturated carbocycles. The molecule has 0 aliphatic carbocycles. The zero-order chi connectivity index (χ0) is 25.6. The summed E-state index contributed by atoms with van der Waals surface area (Å²) in [5.41, 5.74) is 9.06. The Morgan fingerprint density at radius 2 is 1.69 bits per heavy atom. The van der Waals surface area contributed by atoms with Gasteiger partial charge in [-0.25, -0.2) is 8.42 Å². The number of rotatable bonds is 10. The minimum absolute atomic E-state index is 0.00547. The van der Waals surface area contributed by atoms with Gasteiger partial charge < -0.3 is 16.4 Å². The van der Waals surface area contributed by atoms with Crippen molar-refractivity contribution < 1.29 is 13.2 Å². The highest BCUT2D eigenvalue weighted by Crippen LogP contribution is 2.28. The molecule has 35 heavy (non-hydrogen) atoms. The van der Waals surface area contributed by atoms with Crippen molar-refractivity contribution in [3.8, 4) is 11.1 Å². The van der Waals surface area contributed by atoms with Crippen LogP contribution in [0.1, 0.15) is 32.3 Å². The standard InChI is InChI=1S/C27H32N4O3S/c1-4-18(2)24(30-22-9-7-8-20(16-22)27(28)29)17-26(32)31-21-14-12-19(13-15-21)23-10-5-6-11-25(23)35(3,33)34/h5-16,18,24,30H,4,17H2,1-3H3,(H3,28,29)(H,31,32)/t18?,24-/m0/s1. The number of amidine groups is 1. The lowest BCUT2D eigenvalue weighted by Gasteiger charge is -2.25. The molecular weight excluding hydrogens is 460 g/mol. The number of benzene rings is 3. The predicted octanol–water partition coefficient (Wildman–Crippen LogP) is 4.90. The Hall–Kier alpha value is -3.65. The van der Waals surface area contributed by atoms with Crippen LogP contribution < -0.4 is 16.4 Å². The van der Waals surface area contributed by atoms with E-state index in [1.54, 1.807) is 54.6 Å². The summed E-state index contributed by atoms with van der Waals surface area (Å²) < 4.78 is 24.3. The van der Waals surface area contributed by atoms with Crippen molar-refractivity contribution in [2.45, 2.75) is 37.6 Å². The van der Waals surface area contributed by atoms with Crippen LogP contribution in [-0.4, -0.2) is 32.5 Å². The molecule has 7 nitrogen and oxygen atoms in total. The zero-order valence-corrected chi connectivity index (χ0v) is 21.0. The Balaban J connectivity index is 1.72. The van der Waals surface area contributed by atoms with Gasteiger partial charge in [0.1, 0.15) is 5.84 Å². The summed E-state index contributed by atoms with van der Waals surface area (Å²) in [6.07, 6.45) is 2.35. The molecule has 0 aliphatic rings. The topological polar surface area (TPSA) is 125 Å². The van der Waals surface area contributed by atoms with Gasteiger partial charge in [-0.15, -0.1) is 0 Å². The molecule has 2 atom stereocenters. The minimum Gasteiger partial charge on any atom is -0.384 e. The van der Waals surface area contributed by atoms with Crippen LogP contribution in [0.3, 0.4) is 0 Å². The lowest BCUT2D eigenvalue weighted by molar-refractivity contribution is -0.116. The first-order chi connectivity index (χ1) is 16.6. The zero-order valence-electron chi connectivity index (χ0n) is 20.2. The van der Waals surface area contributed by atoms with E-state index in [2.05, 4.69) is 24.5 Å². The second-order valence-corrected chi connectivity index (χ2v) is 10.7. The fraction of sp³-hybridized carbons (Fsp3) is 0.259. The monoisotopic (exact) mass is 492 g/mol. The van der Waals surface area contributed by atoms with Gasteiger partial charge in [-0.2, -0.15) is 0 Å². The first-order valence-corrected chi connectivity index (χ1v) is 13.4. The molecule has 184 valence electrons. The molecule has 3 aromatic rings. The molecule has 8 heteroatoms. The number of carbonyl (C=O) groups is 1. The first kappa shape index (κ1) is 26.0. The summed E-state index contributed by atoms with van der Waals surface area (Å²) in [6, 6.07) is 21.2. The number of amides is 1. The Morgan fingerprint density at radius 1 is 1.00 bits per heavy atom. The number of nitrogens with one attached hydrogen (secondary N) is 3. The average molecular weight is 493 g/mol. The van der Waals surface area contributed by atoms with Gasteiger partial charge in [0, 0.05) is 41.2 Å². The van der Waals surface area contributed by atoms with Crippen molar-refractivity contribution in [2.24, 2.45) is 11.7 Å². The van der Waals surface area contributed by atoms with Gasteiger partial charge in [0.15, 0.2) is 9.84 Å². The van der Waals surface area contributed by atoms with Crippen molar-refractivity contribution in [3.63, 3.8) is 0 Å². The third-order valence-electron chi connectivity index (χ3n) is 6.03. The van der Waals surface area contributed by atoms with E-state index >= 15 is 0 Å². The van der Waals surface area contributed by atoms with E-state index in [9.17, 15) is 13.2 Å². The SMILES string of the molecule is CCC(C)[C@H](CC(=O)Nc1ccc(-c2ccccc2S(C)(=O)=O)cc1)Nc1cccc(C(=N)N)c1. The Bertz CT molecular complexity index is 1300. The maximum absolute atomic E-state index is 12.9. The van der Waals surface area contributed by atoms with E-state index in [0.29, 0.717) is 16.8 Å². The van der Waals surface area contributed by atoms with Crippen molar-refractivity contribution >= 4 is 33.0 Å². The maximum atomic E-state index is 12.9. The van der Waals surface area contributed by atoms with Gasteiger partial charge in [0.05, 0.1) is 4.90 Å². The number of nitrogens with two attached hydrogens (primary N) is 1. The quantitative estimate of drug-likeness (QED) is 0.237. The molecule has 0 saturated heterocycles. The molecule has 1 unspecified atom stereocenters. The highest BCUT2D eigenvalue weighted by atomic mass is 32.2. The third-order valence-corrected chi connectivity index (χ3v) is 7.18. The van der Waals surface area contributed by atoms with Gasteiger partial charge in [-0.3, -0.25) is 10.2 Å². The molecular formula is C27H32N4O3S. The number of hydrogen-bond donors (Lipinski definition) is 4. The molecule has 0 aliphatic heterocycles. The van der Waals surface area contributed by atoms with E-state index in [1.165, 1.54) is 6.26 Å². The number of anilines is 2. The highest BCUT2D eigenvalue weighted by molar-refractivity contribution is 7.90. The van der Waals surface area contributed by atoms with E-state index in [0.717, 1.165) is 17.7 Å². The summed E-state index contributed by atoms with van der Waals surface area (Å²) in [5.74, 6) is 0.0977.